The Morgan fingerprint density at radius 2 is 2.21 bits per heavy atom. The molecule has 92 valence electrons. The average Bonchev–Trinajstić information content (AvgIpc) is 3.10. The lowest BCUT2D eigenvalue weighted by Crippen LogP contribution is -1.88. The number of nitriles is 1. The molecular weight excluding hydrogens is 280 g/mol. The van der Waals surface area contributed by atoms with Crippen molar-refractivity contribution < 1.29 is 0 Å². The Labute approximate surface area is 116 Å². The highest BCUT2D eigenvalue weighted by Crippen LogP contribution is 2.26. The Morgan fingerprint density at radius 1 is 1.26 bits per heavy atom. The molecule has 3 rings (SSSR count). The summed E-state index contributed by atoms with van der Waals surface area (Å²) in [6.45, 7) is 0. The molecule has 0 aliphatic carbocycles. The van der Waals surface area contributed by atoms with Gasteiger partial charge in [0.25, 0.3) is 0 Å². The van der Waals surface area contributed by atoms with Crippen molar-refractivity contribution in [2.45, 2.75) is 10.2 Å². The standard InChI is InChI=1S/C11H6N6S2/c12-6-7-3-4-9(15-14-7)19-11-13-10(16-17-11)8-2-1-5-18-8/h1-5H,(H,13,16,17). The third kappa shape index (κ3) is 2.62. The largest absolute Gasteiger partial charge is 0.257 e. The fourth-order valence-electron chi connectivity index (χ4n) is 1.34. The molecule has 0 radical (unpaired) electrons. The zero-order valence-electron chi connectivity index (χ0n) is 9.44. The first kappa shape index (κ1) is 11.8. The maximum absolute atomic E-state index is 8.64. The van der Waals surface area contributed by atoms with Crippen molar-refractivity contribution in [2.24, 2.45) is 0 Å². The summed E-state index contributed by atoms with van der Waals surface area (Å²) in [5.74, 6) is 0.735. The van der Waals surface area contributed by atoms with Crippen LogP contribution in [0.15, 0.2) is 39.8 Å². The molecule has 0 saturated heterocycles. The van der Waals surface area contributed by atoms with Crippen LogP contribution in [0, 0.1) is 11.3 Å². The molecule has 3 aromatic heterocycles. The number of hydrogen-bond donors (Lipinski definition) is 1. The molecule has 0 fully saturated rings. The highest BCUT2D eigenvalue weighted by Gasteiger charge is 2.08. The molecule has 0 unspecified atom stereocenters. The molecule has 0 aliphatic heterocycles. The van der Waals surface area contributed by atoms with E-state index in [0.29, 0.717) is 15.9 Å². The van der Waals surface area contributed by atoms with Crippen LogP contribution in [0.2, 0.25) is 0 Å². The highest BCUT2D eigenvalue weighted by atomic mass is 32.2. The van der Waals surface area contributed by atoms with E-state index >= 15 is 0 Å². The number of thiophene rings is 1. The Morgan fingerprint density at radius 3 is 2.89 bits per heavy atom. The second kappa shape index (κ2) is 5.17. The molecule has 8 heteroatoms. The van der Waals surface area contributed by atoms with Crippen molar-refractivity contribution in [1.29, 1.82) is 5.26 Å². The van der Waals surface area contributed by atoms with Crippen molar-refractivity contribution in [3.8, 4) is 16.8 Å². The lowest BCUT2D eigenvalue weighted by Gasteiger charge is -1.93. The topological polar surface area (TPSA) is 91.1 Å². The Bertz CT molecular complexity index is 710. The van der Waals surface area contributed by atoms with Crippen molar-refractivity contribution in [3.63, 3.8) is 0 Å². The van der Waals surface area contributed by atoms with Gasteiger partial charge in [-0.25, -0.2) is 4.98 Å². The van der Waals surface area contributed by atoms with Gasteiger partial charge in [0.15, 0.2) is 11.5 Å². The first-order chi connectivity index (χ1) is 9.35. The molecule has 6 nitrogen and oxygen atoms in total. The highest BCUT2D eigenvalue weighted by molar-refractivity contribution is 7.99. The van der Waals surface area contributed by atoms with E-state index in [-0.39, 0.29) is 0 Å². The number of nitrogens with one attached hydrogen (secondary N) is 1. The summed E-state index contributed by atoms with van der Waals surface area (Å²) in [4.78, 5) is 5.40. The minimum absolute atomic E-state index is 0.290. The van der Waals surface area contributed by atoms with Gasteiger partial charge in [0.2, 0.25) is 5.16 Å². The van der Waals surface area contributed by atoms with Crippen molar-refractivity contribution >= 4 is 23.1 Å². The SMILES string of the molecule is N#Cc1ccc(Sc2n[nH]c(-c3cccs3)n2)nn1. The van der Waals surface area contributed by atoms with Gasteiger partial charge < -0.3 is 0 Å². The van der Waals surface area contributed by atoms with E-state index in [1.807, 2.05) is 23.6 Å². The van der Waals surface area contributed by atoms with Crippen LogP contribution >= 0.6 is 23.1 Å². The quantitative estimate of drug-likeness (QED) is 0.794. The number of aromatic nitrogens is 5. The number of nitrogens with zero attached hydrogens (tertiary/aromatic N) is 5. The van der Waals surface area contributed by atoms with Crippen molar-refractivity contribution in [2.75, 3.05) is 0 Å². The molecule has 0 atom stereocenters. The molecule has 0 aromatic carbocycles. The minimum atomic E-state index is 0.290. The molecule has 3 aromatic rings. The van der Waals surface area contributed by atoms with E-state index < -0.39 is 0 Å². The number of rotatable bonds is 3. The van der Waals surface area contributed by atoms with Crippen LogP contribution in [-0.4, -0.2) is 25.4 Å². The van der Waals surface area contributed by atoms with E-state index in [9.17, 15) is 0 Å². The Kier molecular flexibility index (Phi) is 3.22. The van der Waals surface area contributed by atoms with Gasteiger partial charge in [0, 0.05) is 0 Å². The minimum Gasteiger partial charge on any atom is -0.257 e. The second-order valence-corrected chi connectivity index (χ2v) is 5.35. The first-order valence-electron chi connectivity index (χ1n) is 5.23. The molecule has 0 saturated carbocycles. The molecule has 1 N–H and O–H groups in total. The fraction of sp³-hybridized carbons (Fsp3) is 0. The second-order valence-electron chi connectivity index (χ2n) is 3.41. The van der Waals surface area contributed by atoms with Crippen molar-refractivity contribution in [3.05, 3.63) is 35.3 Å². The first-order valence-corrected chi connectivity index (χ1v) is 6.93. The lowest BCUT2D eigenvalue weighted by molar-refractivity contribution is 0.904. The fourth-order valence-corrected chi connectivity index (χ4v) is 2.64. The molecule has 3 heterocycles. The van der Waals surface area contributed by atoms with E-state index in [1.54, 1.807) is 23.5 Å². The van der Waals surface area contributed by atoms with Gasteiger partial charge in [-0.1, -0.05) is 6.07 Å². The smallest absolute Gasteiger partial charge is 0.215 e. The molecule has 0 bridgehead atoms. The predicted octanol–water partition coefficient (Wildman–Crippen LogP) is 2.35. The predicted molar refractivity (Wildman–Crippen MR) is 70.6 cm³/mol. The average molecular weight is 286 g/mol. The summed E-state index contributed by atoms with van der Waals surface area (Å²) < 4.78 is 0. The van der Waals surface area contributed by atoms with Crippen LogP contribution in [0.4, 0.5) is 0 Å². The number of H-pyrrole nitrogens is 1. The number of aromatic amines is 1. The van der Waals surface area contributed by atoms with Gasteiger partial charge in [-0.2, -0.15) is 5.26 Å². The van der Waals surface area contributed by atoms with Crippen LogP contribution in [0.25, 0.3) is 10.7 Å². The summed E-state index contributed by atoms with van der Waals surface area (Å²) in [6.07, 6.45) is 0. The van der Waals surface area contributed by atoms with E-state index in [4.69, 9.17) is 5.26 Å². The van der Waals surface area contributed by atoms with Gasteiger partial charge in [0.1, 0.15) is 11.1 Å². The van der Waals surface area contributed by atoms with Crippen LogP contribution in [0.1, 0.15) is 5.69 Å². The Hall–Kier alpha value is -2.24. The number of hydrogen-bond acceptors (Lipinski definition) is 7. The zero-order valence-corrected chi connectivity index (χ0v) is 11.1. The van der Waals surface area contributed by atoms with Crippen LogP contribution in [0.3, 0.4) is 0 Å². The van der Waals surface area contributed by atoms with Crippen LogP contribution in [0.5, 0.6) is 0 Å². The summed E-state index contributed by atoms with van der Waals surface area (Å²) in [5, 5.41) is 26.5. The van der Waals surface area contributed by atoms with Gasteiger partial charge in [-0.3, -0.25) is 5.10 Å². The van der Waals surface area contributed by atoms with Crippen LogP contribution in [-0.2, 0) is 0 Å². The zero-order chi connectivity index (χ0) is 13.1. The van der Waals surface area contributed by atoms with Crippen molar-refractivity contribution in [1.82, 2.24) is 25.4 Å². The maximum atomic E-state index is 8.64. The summed E-state index contributed by atoms with van der Waals surface area (Å²) in [5.41, 5.74) is 0.290. The van der Waals surface area contributed by atoms with E-state index in [2.05, 4.69) is 25.4 Å². The van der Waals surface area contributed by atoms with Crippen LogP contribution < -0.4 is 0 Å². The van der Waals surface area contributed by atoms with E-state index in [1.165, 1.54) is 11.8 Å². The monoisotopic (exact) mass is 286 g/mol. The normalized spacial score (nSPS) is 10.3. The molecular formula is C11H6N6S2. The maximum Gasteiger partial charge on any atom is 0.215 e. The Balaban J connectivity index is 1.78. The van der Waals surface area contributed by atoms with E-state index in [0.717, 1.165) is 10.7 Å². The lowest BCUT2D eigenvalue weighted by atomic mass is 10.4. The van der Waals surface area contributed by atoms with Gasteiger partial charge in [-0.15, -0.1) is 26.6 Å². The third-order valence-corrected chi connectivity index (χ3v) is 3.84. The molecule has 0 amide bonds. The van der Waals surface area contributed by atoms with Gasteiger partial charge in [-0.05, 0) is 35.3 Å². The van der Waals surface area contributed by atoms with Gasteiger partial charge >= 0.3 is 0 Å². The molecule has 19 heavy (non-hydrogen) atoms. The third-order valence-electron chi connectivity index (χ3n) is 2.17. The van der Waals surface area contributed by atoms with Gasteiger partial charge in [0.05, 0.1) is 4.88 Å². The molecule has 0 spiro atoms. The summed E-state index contributed by atoms with van der Waals surface area (Å²) in [6, 6.07) is 9.19. The molecule has 0 aliphatic rings. The summed E-state index contributed by atoms with van der Waals surface area (Å²) in [7, 11) is 0. The summed E-state index contributed by atoms with van der Waals surface area (Å²) >= 11 is 2.89.